The Morgan fingerprint density at radius 1 is 1.50 bits per heavy atom. The van der Waals surface area contributed by atoms with Gasteiger partial charge in [0.05, 0.1) is 6.04 Å². The Morgan fingerprint density at radius 3 is 3.00 bits per heavy atom. The molecule has 0 aromatic carbocycles. The topological polar surface area (TPSA) is 61.4 Å². The summed E-state index contributed by atoms with van der Waals surface area (Å²) >= 11 is 0. The van der Waals surface area contributed by atoms with Gasteiger partial charge in [0, 0.05) is 19.6 Å². The Balaban J connectivity index is 1.67. The van der Waals surface area contributed by atoms with Crippen LogP contribution < -0.4 is 10.6 Å². The molecular formula is C11H19N3O2. The zero-order valence-electron chi connectivity index (χ0n) is 9.45. The maximum atomic E-state index is 11.7. The van der Waals surface area contributed by atoms with Crippen LogP contribution in [0.25, 0.3) is 0 Å². The van der Waals surface area contributed by atoms with Crippen LogP contribution in [-0.4, -0.2) is 49.4 Å². The molecule has 5 nitrogen and oxygen atoms in total. The number of carbonyl (C=O) groups excluding carboxylic acids is 2. The molecular weight excluding hydrogens is 206 g/mol. The highest BCUT2D eigenvalue weighted by Crippen LogP contribution is 2.13. The molecule has 2 aliphatic heterocycles. The van der Waals surface area contributed by atoms with Crippen LogP contribution in [0.2, 0.25) is 0 Å². The first kappa shape index (κ1) is 11.4. The second-order valence-corrected chi connectivity index (χ2v) is 4.65. The molecule has 2 atom stereocenters. The second kappa shape index (κ2) is 5.30. The fourth-order valence-electron chi connectivity index (χ4n) is 2.40. The lowest BCUT2D eigenvalue weighted by atomic mass is 10.1. The van der Waals surface area contributed by atoms with E-state index in [0.717, 1.165) is 45.3 Å². The summed E-state index contributed by atoms with van der Waals surface area (Å²) in [6, 6.07) is 0.00331. The molecule has 2 fully saturated rings. The van der Waals surface area contributed by atoms with Crippen LogP contribution >= 0.6 is 0 Å². The van der Waals surface area contributed by atoms with E-state index in [0.29, 0.717) is 12.5 Å². The molecule has 0 bridgehead atoms. The van der Waals surface area contributed by atoms with E-state index in [1.807, 2.05) is 0 Å². The number of hydrogen-bond donors (Lipinski definition) is 2. The number of amides is 2. The summed E-state index contributed by atoms with van der Waals surface area (Å²) in [6.07, 6.45) is 3.91. The Hall–Kier alpha value is -1.10. The third kappa shape index (κ3) is 2.72. The Morgan fingerprint density at radius 2 is 2.38 bits per heavy atom. The van der Waals surface area contributed by atoms with Crippen LogP contribution in [0, 0.1) is 5.92 Å². The van der Waals surface area contributed by atoms with Crippen molar-refractivity contribution < 1.29 is 9.59 Å². The summed E-state index contributed by atoms with van der Waals surface area (Å²) in [5, 5.41) is 6.14. The minimum Gasteiger partial charge on any atom is -0.354 e. The zero-order valence-corrected chi connectivity index (χ0v) is 9.45. The van der Waals surface area contributed by atoms with Gasteiger partial charge in [0.15, 0.2) is 0 Å². The molecule has 0 aromatic rings. The highest BCUT2D eigenvalue weighted by atomic mass is 16.2. The molecule has 0 aromatic heterocycles. The van der Waals surface area contributed by atoms with Gasteiger partial charge in [-0.1, -0.05) is 0 Å². The Labute approximate surface area is 95.6 Å². The summed E-state index contributed by atoms with van der Waals surface area (Å²) < 4.78 is 0. The molecule has 2 amide bonds. The van der Waals surface area contributed by atoms with E-state index >= 15 is 0 Å². The molecule has 0 radical (unpaired) electrons. The van der Waals surface area contributed by atoms with Crippen LogP contribution in [0.5, 0.6) is 0 Å². The maximum absolute atomic E-state index is 11.7. The van der Waals surface area contributed by atoms with Crippen molar-refractivity contribution in [2.45, 2.75) is 25.3 Å². The van der Waals surface area contributed by atoms with Gasteiger partial charge in [0.1, 0.15) is 0 Å². The second-order valence-electron chi connectivity index (χ2n) is 4.65. The normalized spacial score (nSPS) is 29.4. The zero-order chi connectivity index (χ0) is 11.4. The smallest absolute Gasteiger partial charge is 0.237 e. The molecule has 2 heterocycles. The van der Waals surface area contributed by atoms with Crippen molar-refractivity contribution >= 4 is 12.3 Å². The van der Waals surface area contributed by atoms with Crippen LogP contribution in [0.15, 0.2) is 0 Å². The third-order valence-electron chi connectivity index (χ3n) is 3.41. The minimum absolute atomic E-state index is 0.00331. The quantitative estimate of drug-likeness (QED) is 0.624. The van der Waals surface area contributed by atoms with Crippen LogP contribution in [0.3, 0.4) is 0 Å². The Kier molecular flexibility index (Phi) is 3.77. The van der Waals surface area contributed by atoms with E-state index in [1.165, 1.54) is 0 Å². The van der Waals surface area contributed by atoms with Gasteiger partial charge in [-0.15, -0.1) is 0 Å². The molecule has 16 heavy (non-hydrogen) atoms. The largest absolute Gasteiger partial charge is 0.354 e. The van der Waals surface area contributed by atoms with Gasteiger partial charge in [-0.2, -0.15) is 0 Å². The molecule has 2 unspecified atom stereocenters. The number of rotatable bonds is 4. The summed E-state index contributed by atoms with van der Waals surface area (Å²) in [5.74, 6) is 0.539. The first-order chi connectivity index (χ1) is 7.79. The van der Waals surface area contributed by atoms with E-state index in [4.69, 9.17) is 0 Å². The number of hydrogen-bond acceptors (Lipinski definition) is 3. The van der Waals surface area contributed by atoms with Gasteiger partial charge < -0.3 is 15.5 Å². The van der Waals surface area contributed by atoms with Crippen molar-refractivity contribution in [3.05, 3.63) is 0 Å². The van der Waals surface area contributed by atoms with Crippen molar-refractivity contribution in [1.29, 1.82) is 0 Å². The first-order valence-electron chi connectivity index (χ1n) is 6.00. The van der Waals surface area contributed by atoms with Crippen molar-refractivity contribution in [3.8, 4) is 0 Å². The summed E-state index contributed by atoms with van der Waals surface area (Å²) in [4.78, 5) is 24.0. The van der Waals surface area contributed by atoms with Crippen molar-refractivity contribution in [1.82, 2.24) is 15.5 Å². The lowest BCUT2D eigenvalue weighted by Gasteiger charge is -2.14. The number of likely N-dealkylation sites (tertiary alicyclic amines) is 1. The molecule has 90 valence electrons. The van der Waals surface area contributed by atoms with Gasteiger partial charge in [0.25, 0.3) is 0 Å². The Bertz CT molecular complexity index is 264. The molecule has 5 heteroatoms. The van der Waals surface area contributed by atoms with Crippen LogP contribution in [0.1, 0.15) is 19.3 Å². The number of carbonyl (C=O) groups is 2. The highest BCUT2D eigenvalue weighted by molar-refractivity contribution is 5.81. The van der Waals surface area contributed by atoms with Gasteiger partial charge in [0.2, 0.25) is 12.3 Å². The van der Waals surface area contributed by atoms with Gasteiger partial charge in [-0.05, 0) is 31.7 Å². The molecule has 0 aliphatic carbocycles. The highest BCUT2D eigenvalue weighted by Gasteiger charge is 2.25. The summed E-state index contributed by atoms with van der Waals surface area (Å²) in [5.41, 5.74) is 0. The number of nitrogens with one attached hydrogen (secondary N) is 2. The lowest BCUT2D eigenvalue weighted by molar-refractivity contribution is -0.122. The maximum Gasteiger partial charge on any atom is 0.237 e. The van der Waals surface area contributed by atoms with Gasteiger partial charge in [-0.3, -0.25) is 9.59 Å². The van der Waals surface area contributed by atoms with E-state index < -0.39 is 0 Å². The molecule has 2 rings (SSSR count). The van der Waals surface area contributed by atoms with Gasteiger partial charge in [-0.25, -0.2) is 0 Å². The predicted octanol–water partition coefficient (Wildman–Crippen LogP) is -0.667. The van der Waals surface area contributed by atoms with Crippen molar-refractivity contribution in [3.63, 3.8) is 0 Å². The average Bonchev–Trinajstić information content (AvgIpc) is 2.96. The molecule has 2 aliphatic rings. The monoisotopic (exact) mass is 225 g/mol. The fraction of sp³-hybridized carbons (Fsp3) is 0.818. The summed E-state index contributed by atoms with van der Waals surface area (Å²) in [7, 11) is 0. The van der Waals surface area contributed by atoms with Crippen LogP contribution in [-0.2, 0) is 9.59 Å². The van der Waals surface area contributed by atoms with Gasteiger partial charge >= 0.3 is 0 Å². The number of nitrogens with zero attached hydrogens (tertiary/aromatic N) is 1. The SMILES string of the molecule is O=CN1CCC(CNC(=O)C2CCCN2)C1. The lowest BCUT2D eigenvalue weighted by Crippen LogP contribution is -2.42. The molecule has 2 saturated heterocycles. The van der Waals surface area contributed by atoms with Crippen LogP contribution in [0.4, 0.5) is 0 Å². The average molecular weight is 225 g/mol. The van der Waals surface area contributed by atoms with E-state index in [-0.39, 0.29) is 11.9 Å². The molecule has 0 saturated carbocycles. The van der Waals surface area contributed by atoms with E-state index in [1.54, 1.807) is 4.90 Å². The first-order valence-corrected chi connectivity index (χ1v) is 6.00. The van der Waals surface area contributed by atoms with E-state index in [9.17, 15) is 9.59 Å². The van der Waals surface area contributed by atoms with Crippen molar-refractivity contribution in [2.75, 3.05) is 26.2 Å². The minimum atomic E-state index is 0.00331. The predicted molar refractivity (Wildman–Crippen MR) is 59.8 cm³/mol. The molecule has 2 N–H and O–H groups in total. The van der Waals surface area contributed by atoms with E-state index in [2.05, 4.69) is 10.6 Å². The standard InChI is InChI=1S/C11H19N3O2/c15-8-14-5-3-9(7-14)6-13-11(16)10-2-1-4-12-10/h8-10,12H,1-7H2,(H,13,16). The third-order valence-corrected chi connectivity index (χ3v) is 3.41. The van der Waals surface area contributed by atoms with Crippen molar-refractivity contribution in [2.24, 2.45) is 5.92 Å². The fourth-order valence-corrected chi connectivity index (χ4v) is 2.40. The molecule has 0 spiro atoms. The summed E-state index contributed by atoms with van der Waals surface area (Å²) in [6.45, 7) is 3.25.